The van der Waals surface area contributed by atoms with Crippen LogP contribution in [0.15, 0.2) is 17.9 Å². The standard InChI is InChI=1S/C16H19ClO9/c1-5-16(26-17(19,20)21)11-9-13(23-4)12(22-3)7-10(11)8-14(25-16)15(18)24-6-2/h7-9H,5-6H2,1-4H3. The molecule has 0 bridgehead atoms. The fourth-order valence-electron chi connectivity index (χ4n) is 2.58. The van der Waals surface area contributed by atoms with Gasteiger partial charge in [-0.25, -0.2) is 4.79 Å². The zero-order valence-corrected chi connectivity index (χ0v) is 15.5. The van der Waals surface area contributed by atoms with Crippen molar-refractivity contribution < 1.29 is 52.3 Å². The van der Waals surface area contributed by atoms with Gasteiger partial charge < -0.3 is 18.9 Å². The molecule has 0 fully saturated rings. The summed E-state index contributed by atoms with van der Waals surface area (Å²) in [7, 11) is -2.04. The van der Waals surface area contributed by atoms with Gasteiger partial charge in [-0.1, -0.05) is 6.92 Å². The topological polar surface area (TPSA) is 132 Å². The monoisotopic (exact) mass is 390 g/mol. The lowest BCUT2D eigenvalue weighted by Gasteiger charge is -2.33. The first-order valence-electron chi connectivity index (χ1n) is 7.65. The number of esters is 1. The van der Waals surface area contributed by atoms with Crippen molar-refractivity contribution in [3.8, 4) is 11.5 Å². The van der Waals surface area contributed by atoms with Gasteiger partial charge in [0.2, 0.25) is 5.76 Å². The van der Waals surface area contributed by atoms with Gasteiger partial charge in [0.25, 0.3) is 0 Å². The second kappa shape index (κ2) is 7.68. The molecule has 0 saturated heterocycles. The summed E-state index contributed by atoms with van der Waals surface area (Å²) < 4.78 is 59.3. The van der Waals surface area contributed by atoms with Crippen LogP contribution in [0.3, 0.4) is 0 Å². The minimum atomic E-state index is -4.86. The molecule has 10 heteroatoms. The third kappa shape index (κ3) is 4.02. The highest BCUT2D eigenvalue weighted by Gasteiger charge is 2.54. The van der Waals surface area contributed by atoms with Gasteiger partial charge in [-0.3, -0.25) is 0 Å². The molecule has 144 valence electrons. The zero-order chi connectivity index (χ0) is 19.5. The minimum Gasteiger partial charge on any atom is -0.493 e. The van der Waals surface area contributed by atoms with Crippen molar-refractivity contribution in [3.63, 3.8) is 0 Å². The number of hydrogen-bond donors (Lipinski definition) is 0. The van der Waals surface area contributed by atoms with Gasteiger partial charge in [0.1, 0.15) is 4.29 Å². The number of rotatable bonds is 7. The first kappa shape index (κ1) is 20.3. The Hall–Kier alpha value is -2.04. The number of benzene rings is 1. The predicted octanol–water partition coefficient (Wildman–Crippen LogP) is -0.885. The summed E-state index contributed by atoms with van der Waals surface area (Å²) in [6, 6.07) is 2.94. The second-order valence-corrected chi connectivity index (χ2v) is 6.10. The van der Waals surface area contributed by atoms with Crippen LogP contribution < -0.4 is 23.5 Å². The Morgan fingerprint density at radius 1 is 1.15 bits per heavy atom. The van der Waals surface area contributed by atoms with Gasteiger partial charge in [0.05, 0.1) is 36.6 Å². The molecule has 1 heterocycles. The molecule has 9 nitrogen and oxygen atoms in total. The van der Waals surface area contributed by atoms with Crippen molar-refractivity contribution in [1.82, 2.24) is 0 Å². The third-order valence-electron chi connectivity index (χ3n) is 3.69. The molecule has 1 aromatic rings. The smallest absolute Gasteiger partial charge is 0.388 e. The number of carbonyl (C=O) groups excluding carboxylic acids is 1. The van der Waals surface area contributed by atoms with Gasteiger partial charge in [0.15, 0.2) is 11.5 Å². The Morgan fingerprint density at radius 3 is 2.27 bits per heavy atom. The number of fused-ring (bicyclic) bond motifs is 1. The number of carbonyl (C=O) groups is 1. The lowest BCUT2D eigenvalue weighted by molar-refractivity contribution is -1.92. The van der Waals surface area contributed by atoms with E-state index in [2.05, 4.69) is 0 Å². The van der Waals surface area contributed by atoms with E-state index in [-0.39, 0.29) is 30.1 Å². The number of methoxy groups -OCH3 is 2. The van der Waals surface area contributed by atoms with E-state index in [1.807, 2.05) is 0 Å². The van der Waals surface area contributed by atoms with Crippen LogP contribution in [0.4, 0.5) is 0 Å². The van der Waals surface area contributed by atoms with Crippen molar-refractivity contribution in [3.05, 3.63) is 29.0 Å². The van der Waals surface area contributed by atoms with Gasteiger partial charge in [-0.15, -0.1) is 0 Å². The summed E-state index contributed by atoms with van der Waals surface area (Å²) in [5, 5.41) is 0. The maximum atomic E-state index is 12.1. The number of hydrogen-bond acceptors (Lipinski definition) is 9. The minimum absolute atomic E-state index is 0.0798. The molecule has 0 saturated carbocycles. The molecule has 1 aliphatic heterocycles. The first-order valence-corrected chi connectivity index (χ1v) is 8.89. The average Bonchev–Trinajstić information content (AvgIpc) is 2.59. The van der Waals surface area contributed by atoms with E-state index >= 15 is 0 Å². The molecule has 26 heavy (non-hydrogen) atoms. The molecular formula is C16H19ClO9. The van der Waals surface area contributed by atoms with Gasteiger partial charge >= 0.3 is 11.8 Å². The van der Waals surface area contributed by atoms with E-state index in [0.29, 0.717) is 11.3 Å². The molecule has 1 aromatic carbocycles. The molecule has 0 aromatic heterocycles. The van der Waals surface area contributed by atoms with E-state index in [1.54, 1.807) is 6.92 Å². The van der Waals surface area contributed by atoms with Crippen molar-refractivity contribution in [1.29, 1.82) is 0 Å². The highest BCUT2D eigenvalue weighted by Crippen LogP contribution is 2.45. The Bertz CT molecular complexity index is 710. The Morgan fingerprint density at radius 2 is 1.77 bits per heavy atom. The fraction of sp³-hybridized carbons (Fsp3) is 0.438. The van der Waals surface area contributed by atoms with Crippen molar-refractivity contribution in [2.75, 3.05) is 20.8 Å². The SMILES string of the molecule is CCOC(=O)C1=Cc2cc(OC)c(OC)cc2C(CC)(O[Cl+3]([O-])([O-])[O-])O1. The fourth-order valence-corrected chi connectivity index (χ4v) is 3.11. The van der Waals surface area contributed by atoms with E-state index < -0.39 is 22.0 Å². The van der Waals surface area contributed by atoms with Crippen LogP contribution in [0.5, 0.6) is 11.5 Å². The summed E-state index contributed by atoms with van der Waals surface area (Å²) in [5.74, 6) is -2.57. The first-order chi connectivity index (χ1) is 12.2. The van der Waals surface area contributed by atoms with Crippen molar-refractivity contribution >= 4 is 12.0 Å². The maximum Gasteiger partial charge on any atom is 0.388 e. The summed E-state index contributed by atoms with van der Waals surface area (Å²) in [4.78, 5) is 12.1. The maximum absolute atomic E-state index is 12.1. The van der Waals surface area contributed by atoms with Crippen LogP contribution in [0, 0.1) is 10.2 Å². The van der Waals surface area contributed by atoms with Crippen LogP contribution in [0.1, 0.15) is 31.4 Å². The predicted molar refractivity (Wildman–Crippen MR) is 78.3 cm³/mol. The van der Waals surface area contributed by atoms with Crippen LogP contribution in [-0.4, -0.2) is 26.8 Å². The van der Waals surface area contributed by atoms with Crippen LogP contribution in [0.2, 0.25) is 0 Å². The van der Waals surface area contributed by atoms with Crippen molar-refractivity contribution in [2.24, 2.45) is 0 Å². The van der Waals surface area contributed by atoms with Gasteiger partial charge in [-0.2, -0.15) is 14.0 Å². The summed E-state index contributed by atoms with van der Waals surface area (Å²) in [6.07, 6.45) is 1.25. The molecule has 0 N–H and O–H groups in total. The Labute approximate surface area is 152 Å². The summed E-state index contributed by atoms with van der Waals surface area (Å²) >= 11 is 0. The number of ether oxygens (including phenoxy) is 4. The van der Waals surface area contributed by atoms with Crippen LogP contribution in [-0.2, 0) is 24.3 Å². The molecule has 2 rings (SSSR count). The van der Waals surface area contributed by atoms with Crippen molar-refractivity contribution in [2.45, 2.75) is 26.1 Å². The summed E-state index contributed by atoms with van der Waals surface area (Å²) in [5.41, 5.74) is 0.551. The Balaban J connectivity index is 2.68. The molecule has 0 aliphatic carbocycles. The van der Waals surface area contributed by atoms with Gasteiger partial charge in [-0.05, 0) is 30.7 Å². The van der Waals surface area contributed by atoms with E-state index in [9.17, 15) is 18.8 Å². The van der Waals surface area contributed by atoms with Crippen LogP contribution in [0.25, 0.3) is 6.08 Å². The van der Waals surface area contributed by atoms with Crippen LogP contribution >= 0.6 is 0 Å². The van der Waals surface area contributed by atoms with E-state index in [0.717, 1.165) is 0 Å². The average molecular weight is 391 g/mol. The molecule has 1 unspecified atom stereocenters. The molecule has 1 atom stereocenters. The quantitative estimate of drug-likeness (QED) is 0.544. The van der Waals surface area contributed by atoms with E-state index in [4.69, 9.17) is 23.2 Å². The Kier molecular flexibility index (Phi) is 5.99. The second-order valence-electron chi connectivity index (χ2n) is 5.19. The van der Waals surface area contributed by atoms with Gasteiger partial charge in [0, 0.05) is 6.42 Å². The molecule has 0 radical (unpaired) electrons. The molecule has 1 aliphatic rings. The normalized spacial score (nSPS) is 19.1. The third-order valence-corrected chi connectivity index (χ3v) is 4.13. The molecular weight excluding hydrogens is 372 g/mol. The highest BCUT2D eigenvalue weighted by atomic mass is 35.7. The number of halogens is 1. The zero-order valence-electron chi connectivity index (χ0n) is 14.7. The summed E-state index contributed by atoms with van der Waals surface area (Å²) in [6.45, 7) is 3.22. The molecule has 0 amide bonds. The largest absolute Gasteiger partial charge is 0.493 e. The molecule has 0 spiro atoms. The lowest BCUT2D eigenvalue weighted by Crippen LogP contribution is -2.64. The van der Waals surface area contributed by atoms with E-state index in [1.165, 1.54) is 39.4 Å². The highest BCUT2D eigenvalue weighted by molar-refractivity contribution is 5.92. The lowest BCUT2D eigenvalue weighted by atomic mass is 9.93.